The summed E-state index contributed by atoms with van der Waals surface area (Å²) in [7, 11) is 0. The lowest BCUT2D eigenvalue weighted by atomic mass is 9.70. The third kappa shape index (κ3) is 4.04. The summed E-state index contributed by atoms with van der Waals surface area (Å²) >= 11 is 0. The molecule has 3 unspecified atom stereocenters. The third-order valence-electron chi connectivity index (χ3n) is 7.79. The average Bonchev–Trinajstić information content (AvgIpc) is 3.40. The third-order valence-corrected chi connectivity index (χ3v) is 7.79. The highest BCUT2D eigenvalue weighted by atomic mass is 16.5. The number of carbonyl (C=O) groups excluding carboxylic acids is 3. The van der Waals surface area contributed by atoms with Gasteiger partial charge in [0, 0.05) is 12.6 Å². The van der Waals surface area contributed by atoms with E-state index >= 15 is 0 Å². The summed E-state index contributed by atoms with van der Waals surface area (Å²) in [5, 5.41) is 16.3. The number of fused-ring (bicyclic) bond motifs is 1. The van der Waals surface area contributed by atoms with Crippen molar-refractivity contribution >= 4 is 17.7 Å². The Morgan fingerprint density at radius 2 is 1.94 bits per heavy atom. The van der Waals surface area contributed by atoms with Gasteiger partial charge in [0.05, 0.1) is 30.6 Å². The number of nitrogens with one attached hydrogen (secondary N) is 2. The molecule has 8 nitrogen and oxygen atoms in total. The van der Waals surface area contributed by atoms with Gasteiger partial charge in [0.15, 0.2) is 0 Å². The minimum Gasteiger partial charge on any atom is -0.394 e. The molecule has 0 saturated carbocycles. The van der Waals surface area contributed by atoms with Crippen LogP contribution in [0.4, 0.5) is 0 Å². The summed E-state index contributed by atoms with van der Waals surface area (Å²) in [5.74, 6) is -1.90. The van der Waals surface area contributed by atoms with Crippen molar-refractivity contribution in [3.05, 3.63) is 0 Å². The first-order valence-corrected chi connectivity index (χ1v) is 12.5. The van der Waals surface area contributed by atoms with Gasteiger partial charge in [-0.25, -0.2) is 0 Å². The van der Waals surface area contributed by atoms with E-state index < -0.39 is 29.5 Å². The van der Waals surface area contributed by atoms with Crippen LogP contribution in [0.15, 0.2) is 0 Å². The summed E-state index contributed by atoms with van der Waals surface area (Å²) in [6.07, 6.45) is 4.22. The molecule has 3 aliphatic rings. The van der Waals surface area contributed by atoms with Crippen LogP contribution >= 0.6 is 0 Å². The van der Waals surface area contributed by atoms with E-state index in [1.54, 1.807) is 4.90 Å². The molecule has 3 rings (SSSR count). The fraction of sp³-hybridized carbons (Fsp3) is 0.875. The van der Waals surface area contributed by atoms with E-state index in [1.165, 1.54) is 0 Å². The Balaban J connectivity index is 2.01. The highest BCUT2D eigenvalue weighted by Crippen LogP contribution is 2.59. The van der Waals surface area contributed by atoms with E-state index in [4.69, 9.17) is 4.74 Å². The summed E-state index contributed by atoms with van der Waals surface area (Å²) in [4.78, 5) is 42.1. The van der Waals surface area contributed by atoms with Gasteiger partial charge in [-0.2, -0.15) is 0 Å². The van der Waals surface area contributed by atoms with Crippen molar-refractivity contribution in [3.8, 4) is 0 Å². The second-order valence-electron chi connectivity index (χ2n) is 9.93. The molecule has 0 radical (unpaired) electrons. The Morgan fingerprint density at radius 1 is 1.22 bits per heavy atom. The lowest BCUT2D eigenvalue weighted by Crippen LogP contribution is -2.60. The Labute approximate surface area is 191 Å². The number of ether oxygens (including phenoxy) is 1. The molecular formula is C24H41N3O5. The number of nitrogens with zero attached hydrogens (tertiary/aromatic N) is 1. The summed E-state index contributed by atoms with van der Waals surface area (Å²) in [6.45, 7) is 10.3. The molecule has 3 aliphatic heterocycles. The number of aliphatic hydroxyl groups excluding tert-OH is 1. The number of rotatable bonds is 11. The molecule has 0 aromatic heterocycles. The Kier molecular flexibility index (Phi) is 7.86. The maximum absolute atomic E-state index is 13.9. The monoisotopic (exact) mass is 451 g/mol. The predicted molar refractivity (Wildman–Crippen MR) is 121 cm³/mol. The largest absolute Gasteiger partial charge is 0.394 e. The van der Waals surface area contributed by atoms with Crippen molar-refractivity contribution in [1.29, 1.82) is 0 Å². The minimum absolute atomic E-state index is 0.00658. The Morgan fingerprint density at radius 3 is 2.53 bits per heavy atom. The van der Waals surface area contributed by atoms with Crippen LogP contribution in [0.2, 0.25) is 0 Å². The van der Waals surface area contributed by atoms with Crippen molar-refractivity contribution in [3.63, 3.8) is 0 Å². The van der Waals surface area contributed by atoms with Crippen molar-refractivity contribution in [2.75, 3.05) is 13.2 Å². The van der Waals surface area contributed by atoms with Gasteiger partial charge in [-0.3, -0.25) is 14.4 Å². The number of amides is 3. The summed E-state index contributed by atoms with van der Waals surface area (Å²) in [6, 6.07) is -1.36. The Bertz CT molecular complexity index is 716. The van der Waals surface area contributed by atoms with Gasteiger partial charge in [-0.15, -0.1) is 0 Å². The first-order valence-electron chi connectivity index (χ1n) is 12.5. The molecule has 8 heteroatoms. The first-order chi connectivity index (χ1) is 15.3. The van der Waals surface area contributed by atoms with Crippen LogP contribution < -0.4 is 10.6 Å². The van der Waals surface area contributed by atoms with Gasteiger partial charge in [-0.05, 0) is 38.5 Å². The lowest BCUT2D eigenvalue weighted by molar-refractivity contribution is -0.147. The van der Waals surface area contributed by atoms with Crippen LogP contribution in [0.25, 0.3) is 0 Å². The molecule has 3 N–H and O–H groups in total. The second-order valence-corrected chi connectivity index (χ2v) is 9.93. The SMILES string of the molecule is CCCNC(=O)[C@@H]1[C@@H]2CCC3(O2)C(C(=O)NC(C)CCC)N([C@@H](CO)[C@@H](C)CC)C(=O)[C@H]13. The van der Waals surface area contributed by atoms with Crippen molar-refractivity contribution in [1.82, 2.24) is 15.5 Å². The minimum atomic E-state index is -1.01. The molecule has 3 heterocycles. The molecule has 0 aliphatic carbocycles. The first kappa shape index (κ1) is 25.0. The van der Waals surface area contributed by atoms with Gasteiger partial charge < -0.3 is 25.4 Å². The zero-order valence-electron chi connectivity index (χ0n) is 20.2. The molecular weight excluding hydrogens is 410 g/mol. The number of hydrogen-bond donors (Lipinski definition) is 3. The van der Waals surface area contributed by atoms with Gasteiger partial charge in [0.25, 0.3) is 0 Å². The smallest absolute Gasteiger partial charge is 0.246 e. The van der Waals surface area contributed by atoms with Crippen LogP contribution in [0.3, 0.4) is 0 Å². The van der Waals surface area contributed by atoms with Gasteiger partial charge in [0.2, 0.25) is 17.7 Å². The summed E-state index contributed by atoms with van der Waals surface area (Å²) < 4.78 is 6.42. The highest BCUT2D eigenvalue weighted by molar-refractivity contribution is 5.99. The number of aliphatic hydroxyl groups is 1. The normalized spacial score (nSPS) is 33.7. The van der Waals surface area contributed by atoms with E-state index in [1.807, 2.05) is 27.7 Å². The topological polar surface area (TPSA) is 108 Å². The summed E-state index contributed by atoms with van der Waals surface area (Å²) in [5.41, 5.74) is -1.01. The average molecular weight is 452 g/mol. The zero-order chi connectivity index (χ0) is 23.6. The van der Waals surface area contributed by atoms with E-state index in [0.29, 0.717) is 19.4 Å². The second kappa shape index (κ2) is 10.1. The molecule has 0 aromatic rings. The molecule has 182 valence electrons. The van der Waals surface area contributed by atoms with Crippen LogP contribution in [-0.2, 0) is 19.1 Å². The Hall–Kier alpha value is -1.67. The molecule has 1 spiro atoms. The standard InChI is InChI=1S/C24H41N3O5/c1-6-9-15(5)26-22(30)20-24-11-10-17(32-24)18(21(29)25-12-7-2)19(24)23(31)27(20)16(13-28)14(4)8-3/h14-20,28H,6-13H2,1-5H3,(H,25,29)(H,26,30)/t14-,15?,16-,17-,18+,19-,20?,24?/m0/s1. The highest BCUT2D eigenvalue weighted by Gasteiger charge is 2.75. The van der Waals surface area contributed by atoms with Crippen molar-refractivity contribution in [2.45, 2.75) is 103 Å². The van der Waals surface area contributed by atoms with Crippen molar-refractivity contribution in [2.24, 2.45) is 17.8 Å². The van der Waals surface area contributed by atoms with E-state index in [0.717, 1.165) is 25.7 Å². The van der Waals surface area contributed by atoms with Crippen LogP contribution in [0.5, 0.6) is 0 Å². The molecule has 32 heavy (non-hydrogen) atoms. The van der Waals surface area contributed by atoms with E-state index in [2.05, 4.69) is 17.6 Å². The van der Waals surface area contributed by atoms with Gasteiger partial charge in [-0.1, -0.05) is 40.5 Å². The lowest BCUT2D eigenvalue weighted by Gasteiger charge is -2.39. The van der Waals surface area contributed by atoms with E-state index in [-0.39, 0.29) is 42.4 Å². The van der Waals surface area contributed by atoms with Crippen LogP contribution in [0.1, 0.15) is 73.1 Å². The number of likely N-dealkylation sites (tertiary alicyclic amines) is 1. The fourth-order valence-electron chi connectivity index (χ4n) is 6.06. The van der Waals surface area contributed by atoms with Gasteiger partial charge in [0.1, 0.15) is 11.6 Å². The zero-order valence-corrected chi connectivity index (χ0v) is 20.2. The van der Waals surface area contributed by atoms with E-state index in [9.17, 15) is 19.5 Å². The van der Waals surface area contributed by atoms with Crippen molar-refractivity contribution < 1.29 is 24.2 Å². The molecule has 2 bridgehead atoms. The van der Waals surface area contributed by atoms with Gasteiger partial charge >= 0.3 is 0 Å². The predicted octanol–water partition coefficient (Wildman–Crippen LogP) is 1.60. The molecule has 3 amide bonds. The molecule has 0 aromatic carbocycles. The molecule has 8 atom stereocenters. The quantitative estimate of drug-likeness (QED) is 0.442. The maximum atomic E-state index is 13.9. The number of carbonyl (C=O) groups is 3. The fourth-order valence-corrected chi connectivity index (χ4v) is 6.06. The molecule has 3 saturated heterocycles. The molecule has 3 fully saturated rings. The maximum Gasteiger partial charge on any atom is 0.246 e. The van der Waals surface area contributed by atoms with Crippen LogP contribution in [-0.4, -0.2) is 70.7 Å². The number of hydrogen-bond acceptors (Lipinski definition) is 5. The van der Waals surface area contributed by atoms with Crippen LogP contribution in [0, 0.1) is 17.8 Å².